The number of hydrogen-bond acceptors (Lipinski definition) is 4. The van der Waals surface area contributed by atoms with Crippen LogP contribution in [0.2, 0.25) is 0 Å². The Kier molecular flexibility index (Phi) is 4.35. The average Bonchev–Trinajstić information content (AvgIpc) is 2.48. The van der Waals surface area contributed by atoms with Gasteiger partial charge in [-0.2, -0.15) is 0 Å². The van der Waals surface area contributed by atoms with Crippen LogP contribution < -0.4 is 4.72 Å². The first-order valence-corrected chi connectivity index (χ1v) is 7.64. The molecule has 7 heteroatoms. The number of pyridine rings is 1. The zero-order chi connectivity index (χ0) is 15.5. The summed E-state index contributed by atoms with van der Waals surface area (Å²) in [4.78, 5) is 14.7. The molecule has 0 aliphatic rings. The first-order chi connectivity index (χ1) is 9.90. The largest absolute Gasteiger partial charge is 0.478 e. The second kappa shape index (κ2) is 6.02. The van der Waals surface area contributed by atoms with Gasteiger partial charge in [0.05, 0.1) is 10.5 Å². The third-order valence-electron chi connectivity index (χ3n) is 2.93. The van der Waals surface area contributed by atoms with Crippen molar-refractivity contribution in [1.82, 2.24) is 9.71 Å². The molecule has 0 aliphatic heterocycles. The monoisotopic (exact) mass is 306 g/mol. The fraction of sp³-hybridized carbons (Fsp3) is 0.143. The number of nitrogens with one attached hydrogen (secondary N) is 1. The molecule has 0 radical (unpaired) electrons. The van der Waals surface area contributed by atoms with E-state index >= 15 is 0 Å². The zero-order valence-corrected chi connectivity index (χ0v) is 12.0. The van der Waals surface area contributed by atoms with Crippen LogP contribution in [-0.4, -0.2) is 24.5 Å². The normalized spacial score (nSPS) is 12.8. The Morgan fingerprint density at radius 3 is 2.52 bits per heavy atom. The van der Waals surface area contributed by atoms with E-state index in [4.69, 9.17) is 5.11 Å². The molecule has 0 fully saturated rings. The third kappa shape index (κ3) is 3.65. The number of nitrogens with zero attached hydrogens (tertiary/aromatic N) is 1. The van der Waals surface area contributed by atoms with E-state index in [-0.39, 0.29) is 10.5 Å². The maximum absolute atomic E-state index is 12.3. The smallest absolute Gasteiger partial charge is 0.335 e. The van der Waals surface area contributed by atoms with Crippen LogP contribution in [0.15, 0.2) is 53.7 Å². The van der Waals surface area contributed by atoms with E-state index in [1.807, 2.05) is 0 Å². The van der Waals surface area contributed by atoms with Crippen LogP contribution in [0.4, 0.5) is 0 Å². The summed E-state index contributed by atoms with van der Waals surface area (Å²) in [6.07, 6.45) is 3.15. The summed E-state index contributed by atoms with van der Waals surface area (Å²) in [7, 11) is -3.80. The van der Waals surface area contributed by atoms with Gasteiger partial charge in [-0.25, -0.2) is 17.9 Å². The fourth-order valence-corrected chi connectivity index (χ4v) is 3.09. The molecule has 0 unspecified atom stereocenters. The van der Waals surface area contributed by atoms with Crippen LogP contribution in [0.3, 0.4) is 0 Å². The Labute approximate surface area is 122 Å². The van der Waals surface area contributed by atoms with Crippen LogP contribution in [0.5, 0.6) is 0 Å². The topological polar surface area (TPSA) is 96.4 Å². The Morgan fingerprint density at radius 2 is 1.90 bits per heavy atom. The lowest BCUT2D eigenvalue weighted by atomic mass is 10.1. The number of carbonyl (C=O) groups is 1. The Bertz CT molecular complexity index is 745. The highest BCUT2D eigenvalue weighted by Crippen LogP contribution is 2.17. The number of aromatic nitrogens is 1. The molecule has 1 aromatic carbocycles. The van der Waals surface area contributed by atoms with Gasteiger partial charge in [-0.15, -0.1) is 0 Å². The van der Waals surface area contributed by atoms with Gasteiger partial charge in [0.15, 0.2) is 0 Å². The molecule has 0 saturated carbocycles. The summed E-state index contributed by atoms with van der Waals surface area (Å²) in [5.74, 6) is -1.17. The number of aromatic carboxylic acids is 1. The number of sulfonamides is 1. The highest BCUT2D eigenvalue weighted by Gasteiger charge is 2.19. The second-order valence-electron chi connectivity index (χ2n) is 4.46. The molecule has 1 aromatic heterocycles. The van der Waals surface area contributed by atoms with E-state index in [0.717, 1.165) is 11.6 Å². The molecule has 110 valence electrons. The molecule has 0 aliphatic carbocycles. The van der Waals surface area contributed by atoms with Crippen molar-refractivity contribution in [3.8, 4) is 0 Å². The maximum Gasteiger partial charge on any atom is 0.335 e. The van der Waals surface area contributed by atoms with Crippen molar-refractivity contribution < 1.29 is 18.3 Å². The van der Waals surface area contributed by atoms with Crippen molar-refractivity contribution in [1.29, 1.82) is 0 Å². The van der Waals surface area contributed by atoms with Gasteiger partial charge in [-0.05, 0) is 42.8 Å². The fourth-order valence-electron chi connectivity index (χ4n) is 1.82. The van der Waals surface area contributed by atoms with Gasteiger partial charge < -0.3 is 5.11 Å². The number of rotatable bonds is 5. The third-order valence-corrected chi connectivity index (χ3v) is 4.47. The zero-order valence-electron chi connectivity index (χ0n) is 11.2. The Hall–Kier alpha value is -2.25. The lowest BCUT2D eigenvalue weighted by Gasteiger charge is -2.14. The average molecular weight is 306 g/mol. The minimum absolute atomic E-state index is 0.0746. The Balaban J connectivity index is 2.26. The predicted molar refractivity (Wildman–Crippen MR) is 76.4 cm³/mol. The quantitative estimate of drug-likeness (QED) is 0.878. The molecule has 2 N–H and O–H groups in total. The van der Waals surface area contributed by atoms with Crippen molar-refractivity contribution in [3.63, 3.8) is 0 Å². The van der Waals surface area contributed by atoms with E-state index in [2.05, 4.69) is 9.71 Å². The number of carboxylic acids is 1. The molecular formula is C14H14N2O4S. The summed E-state index contributed by atoms with van der Waals surface area (Å²) in [6.45, 7) is 1.70. The van der Waals surface area contributed by atoms with Crippen molar-refractivity contribution in [2.45, 2.75) is 17.9 Å². The number of hydrogen-bond donors (Lipinski definition) is 2. The summed E-state index contributed by atoms with van der Waals surface area (Å²) in [5.41, 5.74) is 0.692. The van der Waals surface area contributed by atoms with Gasteiger partial charge in [-0.1, -0.05) is 6.07 Å². The molecule has 21 heavy (non-hydrogen) atoms. The van der Waals surface area contributed by atoms with E-state index in [0.29, 0.717) is 0 Å². The molecule has 0 bridgehead atoms. The van der Waals surface area contributed by atoms with Crippen LogP contribution in [0.25, 0.3) is 0 Å². The maximum atomic E-state index is 12.3. The molecule has 0 spiro atoms. The van der Waals surface area contributed by atoms with Crippen molar-refractivity contribution in [3.05, 3.63) is 59.9 Å². The molecule has 0 amide bonds. The summed E-state index contributed by atoms with van der Waals surface area (Å²) in [6, 6.07) is 8.19. The van der Waals surface area contributed by atoms with E-state index < -0.39 is 22.0 Å². The van der Waals surface area contributed by atoms with Gasteiger partial charge in [0.25, 0.3) is 0 Å². The lowest BCUT2D eigenvalue weighted by Crippen LogP contribution is -2.27. The van der Waals surface area contributed by atoms with Gasteiger partial charge in [0.2, 0.25) is 10.0 Å². The van der Waals surface area contributed by atoms with Crippen LogP contribution in [0.1, 0.15) is 28.9 Å². The van der Waals surface area contributed by atoms with Crippen LogP contribution in [-0.2, 0) is 10.0 Å². The van der Waals surface area contributed by atoms with Crippen molar-refractivity contribution >= 4 is 16.0 Å². The lowest BCUT2D eigenvalue weighted by molar-refractivity contribution is 0.0696. The molecular weight excluding hydrogens is 292 g/mol. The first-order valence-electron chi connectivity index (χ1n) is 6.16. The standard InChI is InChI=1S/C14H14N2O4S/c1-10(11-5-7-15-8-6-11)16-21(19,20)13-4-2-3-12(9-13)14(17)18/h2-10,16H,1H3,(H,17,18)/t10-/m1/s1. The van der Waals surface area contributed by atoms with Gasteiger partial charge >= 0.3 is 5.97 Å². The van der Waals surface area contributed by atoms with Crippen molar-refractivity contribution in [2.24, 2.45) is 0 Å². The highest BCUT2D eigenvalue weighted by molar-refractivity contribution is 7.89. The summed E-state index contributed by atoms with van der Waals surface area (Å²) in [5, 5.41) is 8.91. The van der Waals surface area contributed by atoms with Gasteiger partial charge in [0, 0.05) is 18.4 Å². The molecule has 1 atom stereocenters. The summed E-state index contributed by atoms with van der Waals surface area (Å²) < 4.78 is 27.0. The molecule has 2 rings (SSSR count). The molecule has 6 nitrogen and oxygen atoms in total. The predicted octanol–water partition coefficient (Wildman–Crippen LogP) is 1.82. The Morgan fingerprint density at radius 1 is 1.24 bits per heavy atom. The molecule has 0 saturated heterocycles. The second-order valence-corrected chi connectivity index (χ2v) is 6.17. The van der Waals surface area contributed by atoms with Crippen LogP contribution >= 0.6 is 0 Å². The SMILES string of the molecule is C[C@@H](NS(=O)(=O)c1cccc(C(=O)O)c1)c1ccncc1. The molecule has 2 aromatic rings. The first kappa shape index (κ1) is 15.1. The van der Waals surface area contributed by atoms with E-state index in [9.17, 15) is 13.2 Å². The van der Waals surface area contributed by atoms with Crippen LogP contribution in [0, 0.1) is 0 Å². The number of benzene rings is 1. The minimum atomic E-state index is -3.80. The van der Waals surface area contributed by atoms with Gasteiger partial charge in [-0.3, -0.25) is 4.98 Å². The van der Waals surface area contributed by atoms with Gasteiger partial charge in [0.1, 0.15) is 0 Å². The van der Waals surface area contributed by atoms with E-state index in [1.54, 1.807) is 31.5 Å². The van der Waals surface area contributed by atoms with Crippen molar-refractivity contribution in [2.75, 3.05) is 0 Å². The molecule has 1 heterocycles. The number of carboxylic acid groups (broad SMARTS) is 1. The summed E-state index contributed by atoms with van der Waals surface area (Å²) >= 11 is 0. The van der Waals surface area contributed by atoms with E-state index in [1.165, 1.54) is 18.2 Å². The minimum Gasteiger partial charge on any atom is -0.478 e. The highest BCUT2D eigenvalue weighted by atomic mass is 32.2.